The van der Waals surface area contributed by atoms with Crippen LogP contribution in [-0.4, -0.2) is 18.2 Å². The maximum atomic E-state index is 12.7. The Morgan fingerprint density at radius 2 is 1.39 bits per heavy atom. The maximum absolute atomic E-state index is 12.7. The first-order valence-electron chi connectivity index (χ1n) is 12.8. The quantitative estimate of drug-likeness (QED) is 0.201. The fraction of sp³-hybridized carbons (Fsp3) is 0.235. The molecule has 4 nitrogen and oxygen atoms in total. The van der Waals surface area contributed by atoms with Crippen molar-refractivity contribution in [2.45, 2.75) is 52.5 Å². The van der Waals surface area contributed by atoms with Crippen LogP contribution in [-0.2, 0) is 35.3 Å². The number of rotatable bonds is 1. The van der Waals surface area contributed by atoms with Crippen molar-refractivity contribution >= 4 is 12.2 Å². The van der Waals surface area contributed by atoms with Crippen LogP contribution in [0.2, 0.25) is 0 Å². The minimum Gasteiger partial charge on any atom is -0.362 e. The van der Waals surface area contributed by atoms with E-state index >= 15 is 0 Å². The number of allylic oxidation sites excluding steroid dienone is 4. The Labute approximate surface area is 230 Å². The van der Waals surface area contributed by atoms with Crippen LogP contribution in [0.5, 0.6) is 0 Å². The number of nitrogens with one attached hydrogen (secondary N) is 2. The number of benzene rings is 2. The summed E-state index contributed by atoms with van der Waals surface area (Å²) >= 11 is 0. The first-order chi connectivity index (χ1) is 18.6. The molecule has 1 atom stereocenters. The van der Waals surface area contributed by atoms with E-state index in [0.717, 1.165) is 31.1 Å². The molecule has 0 radical (unpaired) electrons. The zero-order valence-corrected chi connectivity index (χ0v) is 23.1. The molecule has 2 aromatic carbocycles. The Bertz CT molecular complexity index is 1100. The molecule has 1 amide bonds. The molecule has 4 heteroatoms. The number of carbonyl (C=O) groups is 2. The molecule has 0 fully saturated rings. The first kappa shape index (κ1) is 33.6. The third-order valence-corrected chi connectivity index (χ3v) is 5.41. The molecule has 2 N–H and O–H groups in total. The summed E-state index contributed by atoms with van der Waals surface area (Å²) in [5.41, 5.74) is 5.60. The third-order valence-electron chi connectivity index (χ3n) is 5.41. The van der Waals surface area contributed by atoms with Crippen molar-refractivity contribution in [2.75, 3.05) is 0 Å². The number of hydrogen-bond donors (Lipinski definition) is 2. The standard InChI is InChI=1S/C28H30N2O2.C2H6.C2H4.C2H2/c1-3-27-21(2)29-17-7-12-24-11-6-10-23(18-24)9-5-4-8-22-13-15-25(16-14-22)19-26(20-31)30-28(27)32;3*1-2/h3-7,10-11,13-18,20,26,29H,2,8-9,12,19H2,1H3,(H,30,32);1-2H3;1-2H2;1-2H/b5-4-,17-7-,27-3+;;;. The zero-order chi connectivity index (χ0) is 28.8. The van der Waals surface area contributed by atoms with E-state index in [-0.39, 0.29) is 5.91 Å². The highest BCUT2D eigenvalue weighted by Crippen LogP contribution is 2.12. The van der Waals surface area contributed by atoms with Crippen LogP contribution in [0.15, 0.2) is 110 Å². The summed E-state index contributed by atoms with van der Waals surface area (Å²) in [5.74, 6) is -0.323. The first-order valence-corrected chi connectivity index (χ1v) is 12.8. The summed E-state index contributed by atoms with van der Waals surface area (Å²) in [5, 5.41) is 5.89. The molecule has 2 heterocycles. The van der Waals surface area contributed by atoms with Crippen LogP contribution in [0.1, 0.15) is 43.0 Å². The fourth-order valence-electron chi connectivity index (χ4n) is 3.64. The van der Waals surface area contributed by atoms with E-state index in [9.17, 15) is 9.59 Å². The highest BCUT2D eigenvalue weighted by Gasteiger charge is 2.17. The molecule has 1 unspecified atom stereocenters. The molecule has 38 heavy (non-hydrogen) atoms. The molecular weight excluding hydrogens is 468 g/mol. The lowest BCUT2D eigenvalue weighted by Gasteiger charge is -2.16. The molecule has 0 aromatic heterocycles. The van der Waals surface area contributed by atoms with E-state index in [2.05, 4.69) is 91.8 Å². The lowest BCUT2D eigenvalue weighted by molar-refractivity contribution is -0.120. The average molecular weight is 511 g/mol. The zero-order valence-electron chi connectivity index (χ0n) is 23.1. The van der Waals surface area contributed by atoms with Gasteiger partial charge in [-0.25, -0.2) is 0 Å². The summed E-state index contributed by atoms with van der Waals surface area (Å²) in [6, 6.07) is 16.1. The Morgan fingerprint density at radius 3 is 1.95 bits per heavy atom. The Balaban J connectivity index is 0.00000213. The van der Waals surface area contributed by atoms with Crippen molar-refractivity contribution in [3.05, 3.63) is 132 Å². The Kier molecular flexibility index (Phi) is 18.4. The van der Waals surface area contributed by atoms with Crippen LogP contribution < -0.4 is 10.6 Å². The van der Waals surface area contributed by atoms with E-state index in [0.29, 0.717) is 17.7 Å². The largest absolute Gasteiger partial charge is 0.362 e. The van der Waals surface area contributed by atoms with Gasteiger partial charge in [-0.3, -0.25) is 4.79 Å². The summed E-state index contributed by atoms with van der Waals surface area (Å²) in [6.45, 7) is 15.8. The molecule has 4 rings (SSSR count). The van der Waals surface area contributed by atoms with E-state index < -0.39 is 6.04 Å². The lowest BCUT2D eigenvalue weighted by Crippen LogP contribution is -2.39. The van der Waals surface area contributed by atoms with Gasteiger partial charge >= 0.3 is 0 Å². The second-order valence-electron chi connectivity index (χ2n) is 7.87. The summed E-state index contributed by atoms with van der Waals surface area (Å²) in [6.07, 6.45) is 21.6. The van der Waals surface area contributed by atoms with Gasteiger partial charge in [0.05, 0.1) is 11.6 Å². The predicted octanol–water partition coefficient (Wildman–Crippen LogP) is 6.45. The number of carbonyl (C=O) groups excluding carboxylic acids is 2. The van der Waals surface area contributed by atoms with Crippen LogP contribution in [0.4, 0.5) is 0 Å². The molecule has 4 bridgehead atoms. The van der Waals surface area contributed by atoms with E-state index in [1.54, 1.807) is 19.2 Å². The number of fused-ring (bicyclic) bond motifs is 12. The van der Waals surface area contributed by atoms with E-state index in [4.69, 9.17) is 0 Å². The second-order valence-corrected chi connectivity index (χ2v) is 7.87. The molecule has 2 aliphatic rings. The third kappa shape index (κ3) is 12.1. The van der Waals surface area contributed by atoms with Gasteiger partial charge in [0.25, 0.3) is 5.91 Å². The number of hydrogen-bond acceptors (Lipinski definition) is 3. The Morgan fingerprint density at radius 1 is 0.868 bits per heavy atom. The van der Waals surface area contributed by atoms with E-state index in [1.807, 2.05) is 32.1 Å². The van der Waals surface area contributed by atoms with Crippen molar-refractivity contribution in [2.24, 2.45) is 0 Å². The molecular formula is C34H42N2O2. The summed E-state index contributed by atoms with van der Waals surface area (Å²) < 4.78 is 0. The predicted molar refractivity (Wildman–Crippen MR) is 162 cm³/mol. The van der Waals surface area contributed by atoms with Gasteiger partial charge in [0.2, 0.25) is 0 Å². The van der Waals surface area contributed by atoms with Gasteiger partial charge in [-0.2, -0.15) is 0 Å². The molecule has 0 saturated carbocycles. The van der Waals surface area contributed by atoms with Gasteiger partial charge in [0.15, 0.2) is 0 Å². The fourth-order valence-corrected chi connectivity index (χ4v) is 3.64. The SMILES string of the molecule is C#C.C=C.C=C1N/C=C\Cc2cccc(c2)C/C=C\Cc2ccc(cc2)CC(C=O)NC(=O)/C1=C/C.CC. The van der Waals surface area contributed by atoms with Gasteiger partial charge in [0.1, 0.15) is 6.29 Å². The molecule has 2 aliphatic heterocycles. The van der Waals surface area contributed by atoms with Crippen molar-refractivity contribution in [1.82, 2.24) is 10.6 Å². The Hall–Kier alpha value is -4.36. The second kappa shape index (κ2) is 20.8. The number of terminal acetylenes is 1. The monoisotopic (exact) mass is 510 g/mol. The van der Waals surface area contributed by atoms with Gasteiger partial charge in [-0.1, -0.05) is 93.3 Å². The van der Waals surface area contributed by atoms with Crippen LogP contribution in [0.3, 0.4) is 0 Å². The minimum atomic E-state index is -0.605. The molecule has 2 aromatic rings. The van der Waals surface area contributed by atoms with E-state index in [1.165, 1.54) is 16.7 Å². The van der Waals surface area contributed by atoms with Crippen LogP contribution in [0.25, 0.3) is 0 Å². The minimum absolute atomic E-state index is 0.323. The molecule has 0 saturated heterocycles. The van der Waals surface area contributed by atoms with Crippen molar-refractivity contribution in [3.63, 3.8) is 0 Å². The highest BCUT2D eigenvalue weighted by molar-refractivity contribution is 5.98. The van der Waals surface area contributed by atoms with Crippen molar-refractivity contribution in [3.8, 4) is 12.8 Å². The average Bonchev–Trinajstić information content (AvgIpc) is 2.97. The smallest absolute Gasteiger partial charge is 0.253 e. The van der Waals surface area contributed by atoms with Gasteiger partial charge in [-0.05, 0) is 61.1 Å². The number of amides is 1. The molecule has 0 spiro atoms. The van der Waals surface area contributed by atoms with Crippen LogP contribution in [0, 0.1) is 12.8 Å². The van der Waals surface area contributed by atoms with Crippen LogP contribution >= 0.6 is 0 Å². The highest BCUT2D eigenvalue weighted by atomic mass is 16.2. The van der Waals surface area contributed by atoms with Gasteiger partial charge in [-0.15, -0.1) is 26.0 Å². The maximum Gasteiger partial charge on any atom is 0.253 e. The lowest BCUT2D eigenvalue weighted by atomic mass is 10.0. The summed E-state index contributed by atoms with van der Waals surface area (Å²) in [7, 11) is 0. The normalized spacial score (nSPS) is 18.1. The van der Waals surface area contributed by atoms with Gasteiger partial charge < -0.3 is 15.4 Å². The number of aldehydes is 1. The van der Waals surface area contributed by atoms with Crippen molar-refractivity contribution in [1.29, 1.82) is 0 Å². The van der Waals surface area contributed by atoms with Gasteiger partial charge in [0, 0.05) is 5.70 Å². The molecule has 200 valence electrons. The topological polar surface area (TPSA) is 58.2 Å². The molecule has 0 aliphatic carbocycles. The summed E-state index contributed by atoms with van der Waals surface area (Å²) in [4.78, 5) is 24.3. The van der Waals surface area contributed by atoms with Crippen molar-refractivity contribution < 1.29 is 9.59 Å².